The highest BCUT2D eigenvalue weighted by Gasteiger charge is 2.08. The summed E-state index contributed by atoms with van der Waals surface area (Å²) in [5, 5.41) is 10.8. The van der Waals surface area contributed by atoms with Crippen molar-refractivity contribution >= 4 is 45.7 Å². The minimum atomic E-state index is -0.289. The topological polar surface area (TPSA) is 67.8 Å². The normalized spacial score (nSPS) is 10.2. The third-order valence-corrected chi connectivity index (χ3v) is 3.77. The molecule has 2 heterocycles. The Labute approximate surface area is 111 Å². The fraction of sp³-hybridized carbons (Fsp3) is 0.111. The van der Waals surface area contributed by atoms with Crippen molar-refractivity contribution < 1.29 is 4.79 Å². The molecule has 8 heteroatoms. The van der Waals surface area contributed by atoms with Crippen molar-refractivity contribution in [1.82, 2.24) is 15.2 Å². The van der Waals surface area contributed by atoms with E-state index in [1.165, 1.54) is 23.1 Å². The van der Waals surface area contributed by atoms with E-state index < -0.39 is 0 Å². The zero-order valence-corrected chi connectivity index (χ0v) is 10.8. The van der Waals surface area contributed by atoms with Gasteiger partial charge in [0.1, 0.15) is 5.88 Å². The maximum atomic E-state index is 11.0. The predicted octanol–water partition coefficient (Wildman–Crippen LogP) is 2.26. The fourth-order valence-electron chi connectivity index (χ4n) is 0.961. The number of anilines is 1. The molecule has 0 aromatic carbocycles. The number of amides is 1. The van der Waals surface area contributed by atoms with E-state index in [0.717, 1.165) is 9.24 Å². The first-order chi connectivity index (χ1) is 8.28. The van der Waals surface area contributed by atoms with Crippen molar-refractivity contribution in [3.8, 4) is 0 Å². The summed E-state index contributed by atoms with van der Waals surface area (Å²) in [5.41, 5.74) is 0. The molecule has 0 aliphatic heterocycles. The highest BCUT2D eigenvalue weighted by Crippen LogP contribution is 2.31. The Balaban J connectivity index is 2.01. The summed E-state index contributed by atoms with van der Waals surface area (Å²) >= 11 is 8.14. The molecule has 0 fully saturated rings. The number of nitrogens with zero attached hydrogens (tertiary/aromatic N) is 3. The number of carbonyl (C=O) groups excluding carboxylic acids is 1. The van der Waals surface area contributed by atoms with Gasteiger partial charge in [-0.2, -0.15) is 0 Å². The molecule has 17 heavy (non-hydrogen) atoms. The quantitative estimate of drug-likeness (QED) is 0.690. The van der Waals surface area contributed by atoms with Gasteiger partial charge >= 0.3 is 0 Å². The van der Waals surface area contributed by atoms with Gasteiger partial charge in [-0.25, -0.2) is 0 Å². The van der Waals surface area contributed by atoms with Gasteiger partial charge in [-0.1, -0.05) is 23.1 Å². The highest BCUT2D eigenvalue weighted by molar-refractivity contribution is 8.01. The molecule has 2 aromatic rings. The number of nitrogens with one attached hydrogen (secondary N) is 1. The van der Waals surface area contributed by atoms with Crippen LogP contribution in [0.3, 0.4) is 0 Å². The van der Waals surface area contributed by atoms with E-state index in [-0.39, 0.29) is 11.8 Å². The molecule has 1 amide bonds. The molecule has 0 saturated heterocycles. The summed E-state index contributed by atoms with van der Waals surface area (Å²) in [6, 6.07) is 3.76. The molecular weight excluding hydrogens is 280 g/mol. The zero-order chi connectivity index (χ0) is 12.1. The molecule has 0 radical (unpaired) electrons. The molecule has 0 aliphatic carbocycles. The first kappa shape index (κ1) is 12.3. The number of aromatic nitrogens is 3. The average molecular weight is 287 g/mol. The fourth-order valence-corrected chi connectivity index (χ4v) is 2.75. The van der Waals surface area contributed by atoms with Gasteiger partial charge < -0.3 is 0 Å². The van der Waals surface area contributed by atoms with Crippen LogP contribution in [-0.2, 0) is 4.79 Å². The summed E-state index contributed by atoms with van der Waals surface area (Å²) in [6.45, 7) is 0. The average Bonchev–Trinajstić information content (AvgIpc) is 2.77. The van der Waals surface area contributed by atoms with Crippen LogP contribution in [0.5, 0.6) is 0 Å². The molecule has 0 aliphatic rings. The van der Waals surface area contributed by atoms with Crippen LogP contribution >= 0.6 is 34.7 Å². The zero-order valence-electron chi connectivity index (χ0n) is 8.46. The van der Waals surface area contributed by atoms with Crippen molar-refractivity contribution in [3.63, 3.8) is 0 Å². The monoisotopic (exact) mass is 286 g/mol. The molecule has 88 valence electrons. The Hall–Kier alpha value is -1.18. The van der Waals surface area contributed by atoms with Gasteiger partial charge in [-0.05, 0) is 12.1 Å². The van der Waals surface area contributed by atoms with Gasteiger partial charge in [-0.15, -0.1) is 21.8 Å². The molecule has 0 spiro atoms. The molecule has 0 unspecified atom stereocenters. The smallest absolute Gasteiger partial charge is 0.241 e. The van der Waals surface area contributed by atoms with Crippen LogP contribution in [0.25, 0.3) is 0 Å². The largest absolute Gasteiger partial charge is 0.299 e. The van der Waals surface area contributed by atoms with E-state index in [9.17, 15) is 4.79 Å². The van der Waals surface area contributed by atoms with Crippen LogP contribution in [-0.4, -0.2) is 27.0 Å². The highest BCUT2D eigenvalue weighted by atomic mass is 35.5. The summed E-state index contributed by atoms with van der Waals surface area (Å²) in [5.74, 6) is -0.379. The lowest BCUT2D eigenvalue weighted by Gasteiger charge is -1.95. The van der Waals surface area contributed by atoms with E-state index in [1.54, 1.807) is 12.4 Å². The number of hydrogen-bond donors (Lipinski definition) is 1. The number of carbonyl (C=O) groups is 1. The second kappa shape index (κ2) is 5.95. The second-order valence-electron chi connectivity index (χ2n) is 2.84. The van der Waals surface area contributed by atoms with Gasteiger partial charge in [0.15, 0.2) is 4.34 Å². The lowest BCUT2D eigenvalue weighted by atomic mass is 10.5. The van der Waals surface area contributed by atoms with Crippen LogP contribution in [0.4, 0.5) is 5.13 Å². The molecule has 5 nitrogen and oxygen atoms in total. The number of hydrogen-bond acceptors (Lipinski definition) is 6. The van der Waals surface area contributed by atoms with Crippen molar-refractivity contribution in [2.45, 2.75) is 9.24 Å². The van der Waals surface area contributed by atoms with Crippen LogP contribution in [0.2, 0.25) is 0 Å². The van der Waals surface area contributed by atoms with Gasteiger partial charge in [0.05, 0.1) is 0 Å². The summed E-state index contributed by atoms with van der Waals surface area (Å²) in [4.78, 5) is 16.0. The third-order valence-electron chi connectivity index (χ3n) is 1.63. The van der Waals surface area contributed by atoms with E-state index >= 15 is 0 Å². The lowest BCUT2D eigenvalue weighted by Crippen LogP contribution is -2.12. The molecule has 2 aromatic heterocycles. The molecular formula is C9H7ClN4OS2. The summed E-state index contributed by atoms with van der Waals surface area (Å²) in [6.07, 6.45) is 3.42. The second-order valence-corrected chi connectivity index (χ2v) is 5.41. The minimum absolute atomic E-state index is 0.0909. The standard InChI is InChI=1S/C9H7ClN4OS2/c10-5-7(15)12-8-13-14-9(17-8)16-6-1-3-11-4-2-6/h1-4H,5H2,(H,12,13,15). The summed E-state index contributed by atoms with van der Waals surface area (Å²) < 4.78 is 0.751. The van der Waals surface area contributed by atoms with E-state index in [4.69, 9.17) is 11.6 Å². The minimum Gasteiger partial charge on any atom is -0.299 e. The van der Waals surface area contributed by atoms with Crippen LogP contribution in [0.15, 0.2) is 33.8 Å². The molecule has 2 rings (SSSR count). The van der Waals surface area contributed by atoms with Crippen molar-refractivity contribution in [1.29, 1.82) is 0 Å². The first-order valence-electron chi connectivity index (χ1n) is 4.55. The maximum Gasteiger partial charge on any atom is 0.241 e. The number of pyridine rings is 1. The number of alkyl halides is 1. The van der Waals surface area contributed by atoms with Crippen LogP contribution < -0.4 is 5.32 Å². The lowest BCUT2D eigenvalue weighted by molar-refractivity contribution is -0.113. The van der Waals surface area contributed by atoms with Gasteiger partial charge in [0, 0.05) is 17.3 Å². The van der Waals surface area contributed by atoms with Gasteiger partial charge in [0.25, 0.3) is 0 Å². The van der Waals surface area contributed by atoms with Gasteiger partial charge in [-0.3, -0.25) is 15.1 Å². The summed E-state index contributed by atoms with van der Waals surface area (Å²) in [7, 11) is 0. The molecule has 0 saturated carbocycles. The Morgan fingerprint density at radius 1 is 1.41 bits per heavy atom. The predicted molar refractivity (Wildman–Crippen MR) is 67.6 cm³/mol. The van der Waals surface area contributed by atoms with Gasteiger partial charge in [0.2, 0.25) is 11.0 Å². The van der Waals surface area contributed by atoms with Crippen molar-refractivity contribution in [2.75, 3.05) is 11.2 Å². The Morgan fingerprint density at radius 2 is 2.18 bits per heavy atom. The van der Waals surface area contributed by atoms with Crippen molar-refractivity contribution in [3.05, 3.63) is 24.5 Å². The van der Waals surface area contributed by atoms with Crippen molar-refractivity contribution in [2.24, 2.45) is 0 Å². The van der Waals surface area contributed by atoms with E-state index in [0.29, 0.717) is 5.13 Å². The first-order valence-corrected chi connectivity index (χ1v) is 6.72. The Bertz CT molecular complexity index is 505. The molecule has 1 N–H and O–H groups in total. The van der Waals surface area contributed by atoms with E-state index in [1.807, 2.05) is 12.1 Å². The number of halogens is 1. The Kier molecular flexibility index (Phi) is 4.29. The maximum absolute atomic E-state index is 11.0. The van der Waals surface area contributed by atoms with Crippen LogP contribution in [0, 0.1) is 0 Å². The molecule has 0 atom stereocenters. The van der Waals surface area contributed by atoms with Crippen LogP contribution in [0.1, 0.15) is 0 Å². The molecule has 0 bridgehead atoms. The SMILES string of the molecule is O=C(CCl)Nc1nnc(Sc2ccncc2)s1. The third kappa shape index (κ3) is 3.65. The number of rotatable bonds is 4. The van der Waals surface area contributed by atoms with E-state index in [2.05, 4.69) is 20.5 Å². The Morgan fingerprint density at radius 3 is 2.88 bits per heavy atom.